The van der Waals surface area contributed by atoms with E-state index in [1.54, 1.807) is 19.1 Å². The number of aryl methyl sites for hydroxylation is 1. The Hall–Kier alpha value is -1.51. The lowest BCUT2D eigenvalue weighted by atomic mass is 9.95. The van der Waals surface area contributed by atoms with Gasteiger partial charge in [0.2, 0.25) is 0 Å². The van der Waals surface area contributed by atoms with Crippen LogP contribution >= 0.6 is 0 Å². The molecule has 0 amide bonds. The number of hydrogen-bond donors (Lipinski definition) is 0. The van der Waals surface area contributed by atoms with Crippen molar-refractivity contribution >= 4 is 5.57 Å². The molecule has 0 saturated heterocycles. The Morgan fingerprint density at radius 1 is 1.35 bits per heavy atom. The first kappa shape index (κ1) is 13.6. The van der Waals surface area contributed by atoms with Crippen LogP contribution in [0, 0.1) is 6.92 Å². The molecule has 0 saturated carbocycles. The Morgan fingerprint density at radius 2 is 2.00 bits per heavy atom. The molecule has 0 heterocycles. The van der Waals surface area contributed by atoms with Crippen molar-refractivity contribution in [2.45, 2.75) is 26.4 Å². The summed E-state index contributed by atoms with van der Waals surface area (Å²) in [5.74, 6) is 0. The summed E-state index contributed by atoms with van der Waals surface area (Å²) in [6.45, 7) is 7.01. The zero-order valence-corrected chi connectivity index (χ0v) is 9.93. The van der Waals surface area contributed by atoms with Crippen molar-refractivity contribution in [3.63, 3.8) is 0 Å². The summed E-state index contributed by atoms with van der Waals surface area (Å²) >= 11 is 0. The largest absolute Gasteiger partial charge is 0.417 e. The molecule has 0 spiro atoms. The molecule has 0 unspecified atom stereocenters. The lowest BCUT2D eigenvalue weighted by Crippen LogP contribution is -2.09. The van der Waals surface area contributed by atoms with E-state index in [1.165, 1.54) is 18.2 Å². The summed E-state index contributed by atoms with van der Waals surface area (Å²) < 4.78 is 38.7. The Kier molecular flexibility index (Phi) is 4.16. The van der Waals surface area contributed by atoms with Crippen LogP contribution in [0.25, 0.3) is 5.57 Å². The molecule has 1 rings (SSSR count). The Morgan fingerprint density at radius 3 is 2.47 bits per heavy atom. The number of hydrogen-bond acceptors (Lipinski definition) is 0. The molecule has 0 fully saturated rings. The van der Waals surface area contributed by atoms with Crippen LogP contribution in [0.4, 0.5) is 13.2 Å². The molecule has 17 heavy (non-hydrogen) atoms. The fourth-order valence-electron chi connectivity index (χ4n) is 1.71. The van der Waals surface area contributed by atoms with Crippen molar-refractivity contribution in [1.29, 1.82) is 0 Å². The van der Waals surface area contributed by atoms with Gasteiger partial charge in [-0.15, -0.1) is 0 Å². The summed E-state index contributed by atoms with van der Waals surface area (Å²) in [5, 5.41) is 0. The van der Waals surface area contributed by atoms with E-state index in [0.717, 1.165) is 0 Å². The Bertz CT molecular complexity index is 439. The van der Waals surface area contributed by atoms with Crippen LogP contribution in [0.15, 0.2) is 36.9 Å². The maximum absolute atomic E-state index is 12.9. The first-order valence-electron chi connectivity index (χ1n) is 5.40. The van der Waals surface area contributed by atoms with E-state index in [0.29, 0.717) is 17.6 Å². The molecule has 0 aromatic heterocycles. The van der Waals surface area contributed by atoms with Crippen LogP contribution in [0.2, 0.25) is 0 Å². The number of alkyl halides is 3. The van der Waals surface area contributed by atoms with Gasteiger partial charge in [0.05, 0.1) is 5.56 Å². The van der Waals surface area contributed by atoms with Crippen LogP contribution in [-0.2, 0) is 6.18 Å². The monoisotopic (exact) mass is 240 g/mol. The number of benzene rings is 1. The minimum absolute atomic E-state index is 0.241. The van der Waals surface area contributed by atoms with Gasteiger partial charge in [-0.2, -0.15) is 13.2 Å². The van der Waals surface area contributed by atoms with E-state index in [2.05, 4.69) is 6.58 Å². The van der Waals surface area contributed by atoms with Gasteiger partial charge in [-0.1, -0.05) is 43.4 Å². The molecule has 1 aromatic rings. The summed E-state index contributed by atoms with van der Waals surface area (Å²) in [6.07, 6.45) is -0.645. The Balaban J connectivity index is 3.42. The highest BCUT2D eigenvalue weighted by atomic mass is 19.4. The first-order chi connectivity index (χ1) is 7.90. The van der Waals surface area contributed by atoms with E-state index >= 15 is 0 Å². The third kappa shape index (κ3) is 3.22. The fourth-order valence-corrected chi connectivity index (χ4v) is 1.71. The highest BCUT2D eigenvalue weighted by Crippen LogP contribution is 2.36. The van der Waals surface area contributed by atoms with Crippen molar-refractivity contribution in [1.82, 2.24) is 0 Å². The lowest BCUT2D eigenvalue weighted by Gasteiger charge is -2.15. The molecule has 3 heteroatoms. The van der Waals surface area contributed by atoms with Crippen LogP contribution in [0.1, 0.15) is 30.0 Å². The zero-order valence-electron chi connectivity index (χ0n) is 9.93. The summed E-state index contributed by atoms with van der Waals surface area (Å²) in [6, 6.07) is 4.40. The van der Waals surface area contributed by atoms with Crippen molar-refractivity contribution in [2.24, 2.45) is 0 Å². The first-order valence-corrected chi connectivity index (χ1v) is 5.40. The topological polar surface area (TPSA) is 0 Å². The highest BCUT2D eigenvalue weighted by molar-refractivity contribution is 5.70. The maximum atomic E-state index is 12.9. The van der Waals surface area contributed by atoms with Crippen LogP contribution in [0.3, 0.4) is 0 Å². The van der Waals surface area contributed by atoms with Crippen molar-refractivity contribution in [3.05, 3.63) is 53.6 Å². The molecule has 0 aliphatic rings. The van der Waals surface area contributed by atoms with E-state index in [4.69, 9.17) is 0 Å². The van der Waals surface area contributed by atoms with Gasteiger partial charge in [0, 0.05) is 0 Å². The average molecular weight is 240 g/mol. The van der Waals surface area contributed by atoms with Gasteiger partial charge in [0.15, 0.2) is 0 Å². The lowest BCUT2D eigenvalue weighted by molar-refractivity contribution is -0.137. The van der Waals surface area contributed by atoms with E-state index in [1.807, 2.05) is 6.92 Å². The SMILES string of the molecule is C=C/C=C(/CC)c1ccc(C)cc1C(F)(F)F. The molecule has 0 aliphatic heterocycles. The normalized spacial score (nSPS) is 12.6. The fraction of sp³-hybridized carbons (Fsp3) is 0.286. The van der Waals surface area contributed by atoms with Gasteiger partial charge in [0.1, 0.15) is 0 Å². The third-order valence-corrected chi connectivity index (χ3v) is 2.53. The molecule has 0 N–H and O–H groups in total. The maximum Gasteiger partial charge on any atom is 0.417 e. The molecule has 0 aliphatic carbocycles. The van der Waals surface area contributed by atoms with Gasteiger partial charge in [-0.05, 0) is 30.5 Å². The summed E-state index contributed by atoms with van der Waals surface area (Å²) in [5.41, 5.74) is 0.917. The summed E-state index contributed by atoms with van der Waals surface area (Å²) in [4.78, 5) is 0. The quantitative estimate of drug-likeness (QED) is 0.653. The predicted octanol–water partition coefficient (Wildman–Crippen LogP) is 4.99. The highest BCUT2D eigenvalue weighted by Gasteiger charge is 2.33. The Labute approximate surface area is 99.5 Å². The van der Waals surface area contributed by atoms with E-state index in [9.17, 15) is 13.2 Å². The molecular formula is C14H15F3. The van der Waals surface area contributed by atoms with Crippen molar-refractivity contribution < 1.29 is 13.2 Å². The van der Waals surface area contributed by atoms with Crippen LogP contribution < -0.4 is 0 Å². The second-order valence-electron chi connectivity index (χ2n) is 3.83. The second-order valence-corrected chi connectivity index (χ2v) is 3.83. The van der Waals surface area contributed by atoms with Crippen molar-refractivity contribution in [3.8, 4) is 0 Å². The van der Waals surface area contributed by atoms with E-state index < -0.39 is 11.7 Å². The minimum Gasteiger partial charge on any atom is -0.166 e. The minimum atomic E-state index is -4.32. The van der Waals surface area contributed by atoms with Gasteiger partial charge in [-0.25, -0.2) is 0 Å². The molecule has 1 aromatic carbocycles. The zero-order chi connectivity index (χ0) is 13.1. The summed E-state index contributed by atoms with van der Waals surface area (Å²) in [7, 11) is 0. The standard InChI is InChI=1S/C14H15F3/c1-4-6-11(5-2)12-8-7-10(3)9-13(12)14(15,16)17/h4,6-9H,1,5H2,2-3H3/b11-6-. The molecule has 0 atom stereocenters. The van der Waals surface area contributed by atoms with E-state index in [-0.39, 0.29) is 5.56 Å². The van der Waals surface area contributed by atoms with Gasteiger partial charge < -0.3 is 0 Å². The molecule has 92 valence electrons. The molecule has 0 radical (unpaired) electrons. The second kappa shape index (κ2) is 5.21. The van der Waals surface area contributed by atoms with Gasteiger partial charge in [0.25, 0.3) is 0 Å². The number of allylic oxidation sites excluding steroid dienone is 3. The molecule has 0 nitrogen and oxygen atoms in total. The van der Waals surface area contributed by atoms with Gasteiger partial charge >= 0.3 is 6.18 Å². The van der Waals surface area contributed by atoms with Gasteiger partial charge in [-0.3, -0.25) is 0 Å². The average Bonchev–Trinajstić information content (AvgIpc) is 2.25. The smallest absolute Gasteiger partial charge is 0.166 e. The predicted molar refractivity (Wildman–Crippen MR) is 64.6 cm³/mol. The van der Waals surface area contributed by atoms with Crippen LogP contribution in [-0.4, -0.2) is 0 Å². The number of rotatable bonds is 3. The van der Waals surface area contributed by atoms with Crippen LogP contribution in [0.5, 0.6) is 0 Å². The molecular weight excluding hydrogens is 225 g/mol. The van der Waals surface area contributed by atoms with Crippen molar-refractivity contribution in [2.75, 3.05) is 0 Å². The molecule has 0 bridgehead atoms. The third-order valence-electron chi connectivity index (χ3n) is 2.53. The number of halogens is 3.